The molecule has 0 saturated heterocycles. The minimum absolute atomic E-state index is 0.143. The van der Waals surface area contributed by atoms with Crippen LogP contribution in [0.3, 0.4) is 0 Å². The minimum Gasteiger partial charge on any atom is -0.380 e. The van der Waals surface area contributed by atoms with Crippen LogP contribution in [-0.4, -0.2) is 300 Å². The van der Waals surface area contributed by atoms with Crippen molar-refractivity contribution in [3.8, 4) is 37.0 Å². The lowest BCUT2D eigenvalue weighted by Gasteiger charge is -2.22. The molecule has 0 rings (SSSR count). The zero-order valence-electron chi connectivity index (χ0n) is 47.1. The first-order valence-electron chi connectivity index (χ1n) is 27.3. The third-order valence-electron chi connectivity index (χ3n) is 9.80. The lowest BCUT2D eigenvalue weighted by molar-refractivity contribution is -0.123. The van der Waals surface area contributed by atoms with E-state index in [0.29, 0.717) is 237 Å². The standard InChI is InChI=1S/C54H96N4O21/c1-4-16-62-28-34-71-40-46-77-49-43-74-37-31-68-22-10-55-52(59)7-19-65-25-13-58(14-26-66-20-8-53(60)56-11-23-69-32-38-75-44-50-78-47-41-72-35-29-63-17-5-2)15-27-67-21-9-54(61)57-12-24-70-33-39-76-45-51-79-48-42-73-36-30-64-18-6-3/h1-3H,7-51H2,(H,55,59)(H,56,60)(H,57,61). The van der Waals surface area contributed by atoms with Gasteiger partial charge in [-0.1, -0.05) is 17.8 Å². The fourth-order valence-corrected chi connectivity index (χ4v) is 5.80. The maximum absolute atomic E-state index is 12.3. The normalized spacial score (nSPS) is 11.2. The summed E-state index contributed by atoms with van der Waals surface area (Å²) >= 11 is 0. The summed E-state index contributed by atoms with van der Waals surface area (Å²) in [5, 5.41) is 8.47. The van der Waals surface area contributed by atoms with Gasteiger partial charge in [-0.3, -0.25) is 19.3 Å². The molecule has 25 nitrogen and oxygen atoms in total. The number of terminal acetylenes is 3. The van der Waals surface area contributed by atoms with Gasteiger partial charge in [-0.25, -0.2) is 0 Å². The van der Waals surface area contributed by atoms with Gasteiger partial charge < -0.3 is 101 Å². The Bertz CT molecular complexity index is 1290. The highest BCUT2D eigenvalue weighted by atomic mass is 16.6. The molecule has 0 aromatic carbocycles. The fourth-order valence-electron chi connectivity index (χ4n) is 5.80. The van der Waals surface area contributed by atoms with Crippen molar-refractivity contribution in [3.05, 3.63) is 0 Å². The van der Waals surface area contributed by atoms with E-state index in [1.807, 2.05) is 0 Å². The summed E-state index contributed by atoms with van der Waals surface area (Å²) in [6, 6.07) is 0. The number of ether oxygens (including phenoxy) is 18. The molecule has 0 aliphatic heterocycles. The second-order valence-electron chi connectivity index (χ2n) is 16.1. The van der Waals surface area contributed by atoms with Crippen molar-refractivity contribution < 1.29 is 99.6 Å². The molecule has 0 atom stereocenters. The van der Waals surface area contributed by atoms with E-state index in [9.17, 15) is 14.4 Å². The number of hydrogen-bond donors (Lipinski definition) is 3. The minimum atomic E-state index is -0.143. The number of amides is 3. The molecule has 0 fully saturated rings. The van der Waals surface area contributed by atoms with Gasteiger partial charge in [-0.05, 0) is 0 Å². The van der Waals surface area contributed by atoms with Crippen LogP contribution in [0.5, 0.6) is 0 Å². The lowest BCUT2D eigenvalue weighted by Crippen LogP contribution is -2.35. The summed E-state index contributed by atoms with van der Waals surface area (Å²) < 4.78 is 98.1. The van der Waals surface area contributed by atoms with Crippen molar-refractivity contribution >= 4 is 17.7 Å². The van der Waals surface area contributed by atoms with E-state index in [1.165, 1.54) is 0 Å². The molecule has 0 radical (unpaired) electrons. The maximum atomic E-state index is 12.3. The van der Waals surface area contributed by atoms with E-state index < -0.39 is 0 Å². The van der Waals surface area contributed by atoms with Gasteiger partial charge in [0.15, 0.2) is 0 Å². The highest BCUT2D eigenvalue weighted by Crippen LogP contribution is 1.96. The van der Waals surface area contributed by atoms with Crippen LogP contribution in [0.2, 0.25) is 0 Å². The van der Waals surface area contributed by atoms with Crippen molar-refractivity contribution in [1.82, 2.24) is 20.9 Å². The second-order valence-corrected chi connectivity index (χ2v) is 16.1. The maximum Gasteiger partial charge on any atom is 0.222 e. The molecule has 25 heteroatoms. The largest absolute Gasteiger partial charge is 0.380 e. The fraction of sp³-hybridized carbons (Fsp3) is 0.833. The van der Waals surface area contributed by atoms with Gasteiger partial charge in [0, 0.05) is 58.5 Å². The Hall–Kier alpha value is -3.67. The smallest absolute Gasteiger partial charge is 0.222 e. The van der Waals surface area contributed by atoms with Gasteiger partial charge in [0.2, 0.25) is 17.7 Å². The Labute approximate surface area is 470 Å². The first-order valence-corrected chi connectivity index (χ1v) is 27.3. The molecule has 3 amide bonds. The third-order valence-corrected chi connectivity index (χ3v) is 9.80. The molecular weight excluding hydrogens is 1040 g/mol. The third kappa shape index (κ3) is 65.0. The van der Waals surface area contributed by atoms with E-state index in [4.69, 9.17) is 105 Å². The van der Waals surface area contributed by atoms with Gasteiger partial charge >= 0.3 is 0 Å². The monoisotopic (exact) mass is 1140 g/mol. The van der Waals surface area contributed by atoms with E-state index in [-0.39, 0.29) is 76.6 Å². The van der Waals surface area contributed by atoms with Gasteiger partial charge in [-0.2, -0.15) is 0 Å². The van der Waals surface area contributed by atoms with Crippen LogP contribution < -0.4 is 16.0 Å². The summed E-state index contributed by atoms with van der Waals surface area (Å²) in [5.41, 5.74) is 0. The molecule has 458 valence electrons. The van der Waals surface area contributed by atoms with E-state index in [1.54, 1.807) is 0 Å². The van der Waals surface area contributed by atoms with Crippen LogP contribution in [0.25, 0.3) is 0 Å². The van der Waals surface area contributed by atoms with E-state index in [0.717, 1.165) is 0 Å². The summed E-state index contributed by atoms with van der Waals surface area (Å²) in [5.74, 6) is 6.75. The van der Waals surface area contributed by atoms with Crippen molar-refractivity contribution in [2.24, 2.45) is 0 Å². The highest BCUT2D eigenvalue weighted by Gasteiger charge is 2.09. The Morgan fingerprint density at radius 1 is 0.253 bits per heavy atom. The topological polar surface area (TPSA) is 257 Å². The lowest BCUT2D eigenvalue weighted by atomic mass is 10.4. The van der Waals surface area contributed by atoms with E-state index in [2.05, 4.69) is 38.6 Å². The predicted octanol–water partition coefficient (Wildman–Crippen LogP) is -0.994. The second kappa shape index (κ2) is 66.8. The molecule has 0 unspecified atom stereocenters. The molecule has 0 aliphatic carbocycles. The average molecular weight is 1140 g/mol. The van der Waals surface area contributed by atoms with Crippen molar-refractivity contribution in [3.63, 3.8) is 0 Å². The van der Waals surface area contributed by atoms with Crippen LogP contribution in [0.15, 0.2) is 0 Å². The Kier molecular flexibility index (Phi) is 63.7. The summed E-state index contributed by atoms with van der Waals surface area (Å²) in [7, 11) is 0. The van der Waals surface area contributed by atoms with Gasteiger partial charge in [0.25, 0.3) is 0 Å². The van der Waals surface area contributed by atoms with Crippen LogP contribution in [0.1, 0.15) is 19.3 Å². The number of nitrogens with zero attached hydrogens (tertiary/aromatic N) is 1. The number of rotatable bonds is 66. The predicted molar refractivity (Wildman–Crippen MR) is 291 cm³/mol. The molecule has 79 heavy (non-hydrogen) atoms. The summed E-state index contributed by atoms with van der Waals surface area (Å²) in [4.78, 5) is 39.1. The first-order chi connectivity index (χ1) is 39.0. The van der Waals surface area contributed by atoms with E-state index >= 15 is 0 Å². The zero-order valence-corrected chi connectivity index (χ0v) is 47.1. The molecule has 0 saturated carbocycles. The number of carbonyl (C=O) groups is 3. The van der Waals surface area contributed by atoms with Crippen molar-refractivity contribution in [1.29, 1.82) is 0 Å². The van der Waals surface area contributed by atoms with Crippen molar-refractivity contribution in [2.45, 2.75) is 19.3 Å². The quantitative estimate of drug-likeness (QED) is 0.0488. The van der Waals surface area contributed by atoms with Crippen LogP contribution in [0, 0.1) is 37.0 Å². The first kappa shape index (κ1) is 75.3. The van der Waals surface area contributed by atoms with Crippen molar-refractivity contribution in [2.75, 3.05) is 277 Å². The Balaban J connectivity index is 4.23. The van der Waals surface area contributed by atoms with Crippen LogP contribution in [0.4, 0.5) is 0 Å². The van der Waals surface area contributed by atoms with Crippen LogP contribution >= 0.6 is 0 Å². The highest BCUT2D eigenvalue weighted by molar-refractivity contribution is 5.76. The summed E-state index contributed by atoms with van der Waals surface area (Å²) in [6.07, 6.45) is 15.9. The molecule has 0 spiro atoms. The number of carbonyl (C=O) groups excluding carboxylic acids is 3. The van der Waals surface area contributed by atoms with Gasteiger partial charge in [-0.15, -0.1) is 19.3 Å². The Morgan fingerprint density at radius 3 is 0.633 bits per heavy atom. The molecule has 3 N–H and O–H groups in total. The molecule has 0 bridgehead atoms. The zero-order chi connectivity index (χ0) is 57.1. The molecule has 0 aromatic heterocycles. The SMILES string of the molecule is C#CCOCCOCCOCCOCCOCCNC(=O)CCOCCN(CCOCCC(=O)NCCOCCOCCOCCOCCOCC#C)CCOCCC(=O)NCCOCCOCCOCCOCCOCC#C. The average Bonchev–Trinajstić information content (AvgIpc) is 3.44. The number of nitrogens with one attached hydrogen (secondary N) is 3. The van der Waals surface area contributed by atoms with Gasteiger partial charge in [0.05, 0.1) is 218 Å². The van der Waals surface area contributed by atoms with Gasteiger partial charge in [0.1, 0.15) is 19.8 Å². The molecule has 0 heterocycles. The summed E-state index contributed by atoms with van der Waals surface area (Å²) in [6.45, 7) is 17.1. The van der Waals surface area contributed by atoms with Crippen LogP contribution in [-0.2, 0) is 99.6 Å². The molecule has 0 aliphatic rings. The molecular formula is C54H96N4O21. The Morgan fingerprint density at radius 2 is 0.430 bits per heavy atom. The number of hydrogen-bond acceptors (Lipinski definition) is 22. The molecule has 0 aromatic rings.